The molecule has 0 bridgehead atoms. The highest BCUT2D eigenvalue weighted by Crippen LogP contribution is 2.44. The lowest BCUT2D eigenvalue weighted by molar-refractivity contribution is 0.0166. The summed E-state index contributed by atoms with van der Waals surface area (Å²) < 4.78 is 6.65. The predicted molar refractivity (Wildman–Crippen MR) is 108 cm³/mol. The number of aryl methyl sites for hydroxylation is 3. The first-order chi connectivity index (χ1) is 12.6. The SMILES string of the molecule is Cc1ccccc1C(OCCN)(c1ccccc1C)c1ccccc1C. The van der Waals surface area contributed by atoms with E-state index in [0.29, 0.717) is 13.2 Å². The topological polar surface area (TPSA) is 35.2 Å². The molecule has 2 N–H and O–H groups in total. The summed E-state index contributed by atoms with van der Waals surface area (Å²) in [5.74, 6) is 0. The number of nitrogens with two attached hydrogens (primary N) is 1. The van der Waals surface area contributed by atoms with Gasteiger partial charge in [-0.2, -0.15) is 0 Å². The van der Waals surface area contributed by atoms with E-state index in [9.17, 15) is 0 Å². The minimum atomic E-state index is -0.679. The van der Waals surface area contributed by atoms with Gasteiger partial charge in [0.1, 0.15) is 5.60 Å². The van der Waals surface area contributed by atoms with Gasteiger partial charge in [-0.3, -0.25) is 0 Å². The number of hydrogen-bond acceptors (Lipinski definition) is 2. The van der Waals surface area contributed by atoms with Crippen molar-refractivity contribution in [1.29, 1.82) is 0 Å². The molecule has 0 aliphatic carbocycles. The van der Waals surface area contributed by atoms with Crippen LogP contribution < -0.4 is 5.73 Å². The lowest BCUT2D eigenvalue weighted by Gasteiger charge is -2.38. The summed E-state index contributed by atoms with van der Waals surface area (Å²) in [6.45, 7) is 7.40. The number of hydrogen-bond donors (Lipinski definition) is 1. The average Bonchev–Trinajstić information content (AvgIpc) is 2.65. The molecule has 0 heterocycles. The maximum atomic E-state index is 6.65. The monoisotopic (exact) mass is 345 g/mol. The summed E-state index contributed by atoms with van der Waals surface area (Å²) >= 11 is 0. The van der Waals surface area contributed by atoms with Gasteiger partial charge in [0.15, 0.2) is 0 Å². The van der Waals surface area contributed by atoms with E-state index in [-0.39, 0.29) is 0 Å². The van der Waals surface area contributed by atoms with Crippen LogP contribution in [0.2, 0.25) is 0 Å². The molecule has 0 aromatic heterocycles. The second-order valence-corrected chi connectivity index (χ2v) is 6.76. The molecular formula is C24H27NO. The van der Waals surface area contributed by atoms with Crippen molar-refractivity contribution in [3.05, 3.63) is 106 Å². The van der Waals surface area contributed by atoms with Gasteiger partial charge in [0.25, 0.3) is 0 Å². The van der Waals surface area contributed by atoms with Crippen LogP contribution in [0.3, 0.4) is 0 Å². The summed E-state index contributed by atoms with van der Waals surface area (Å²) in [6, 6.07) is 25.4. The van der Waals surface area contributed by atoms with Crippen molar-refractivity contribution in [2.24, 2.45) is 5.73 Å². The molecule has 0 amide bonds. The van der Waals surface area contributed by atoms with E-state index in [0.717, 1.165) is 16.7 Å². The molecular weight excluding hydrogens is 318 g/mol. The minimum absolute atomic E-state index is 0.478. The van der Waals surface area contributed by atoms with Crippen molar-refractivity contribution < 1.29 is 4.74 Å². The first-order valence-electron chi connectivity index (χ1n) is 9.13. The van der Waals surface area contributed by atoms with E-state index in [4.69, 9.17) is 10.5 Å². The maximum absolute atomic E-state index is 6.65. The van der Waals surface area contributed by atoms with E-state index >= 15 is 0 Å². The molecule has 2 nitrogen and oxygen atoms in total. The van der Waals surface area contributed by atoms with E-state index < -0.39 is 5.60 Å². The Morgan fingerprint density at radius 2 is 1.00 bits per heavy atom. The fourth-order valence-electron chi connectivity index (χ4n) is 3.78. The average molecular weight is 345 g/mol. The van der Waals surface area contributed by atoms with Crippen LogP contribution in [0.4, 0.5) is 0 Å². The highest BCUT2D eigenvalue weighted by Gasteiger charge is 2.40. The Labute approximate surface area is 156 Å². The number of benzene rings is 3. The van der Waals surface area contributed by atoms with Crippen LogP contribution in [0.15, 0.2) is 72.8 Å². The molecule has 2 heteroatoms. The van der Waals surface area contributed by atoms with E-state index in [2.05, 4.69) is 93.6 Å². The number of ether oxygens (including phenoxy) is 1. The molecule has 0 unspecified atom stereocenters. The Balaban J connectivity index is 2.41. The van der Waals surface area contributed by atoms with Crippen molar-refractivity contribution in [3.63, 3.8) is 0 Å². The normalized spacial score (nSPS) is 11.5. The van der Waals surface area contributed by atoms with Crippen molar-refractivity contribution in [3.8, 4) is 0 Å². The van der Waals surface area contributed by atoms with Gasteiger partial charge >= 0.3 is 0 Å². The lowest BCUT2D eigenvalue weighted by Crippen LogP contribution is -2.36. The van der Waals surface area contributed by atoms with E-state index in [1.807, 2.05) is 0 Å². The molecule has 0 saturated carbocycles. The summed E-state index contributed by atoms with van der Waals surface area (Å²) in [5, 5.41) is 0. The zero-order chi connectivity index (χ0) is 18.6. The molecule has 0 fully saturated rings. The van der Waals surface area contributed by atoms with Gasteiger partial charge in [-0.1, -0.05) is 72.8 Å². The van der Waals surface area contributed by atoms with Crippen molar-refractivity contribution in [2.75, 3.05) is 13.2 Å². The van der Waals surface area contributed by atoms with Crippen molar-refractivity contribution in [2.45, 2.75) is 26.4 Å². The molecule has 0 atom stereocenters. The van der Waals surface area contributed by atoms with Gasteiger partial charge in [0.2, 0.25) is 0 Å². The first-order valence-corrected chi connectivity index (χ1v) is 9.13. The van der Waals surface area contributed by atoms with Crippen LogP contribution in [-0.4, -0.2) is 13.2 Å². The van der Waals surface area contributed by atoms with Crippen molar-refractivity contribution in [1.82, 2.24) is 0 Å². The van der Waals surface area contributed by atoms with Crippen LogP contribution in [-0.2, 0) is 10.3 Å². The Morgan fingerprint density at radius 3 is 1.31 bits per heavy atom. The van der Waals surface area contributed by atoms with Gasteiger partial charge in [-0.05, 0) is 54.2 Å². The van der Waals surface area contributed by atoms with Gasteiger partial charge in [0, 0.05) is 6.54 Å². The fraction of sp³-hybridized carbons (Fsp3) is 0.250. The molecule has 0 spiro atoms. The smallest absolute Gasteiger partial charge is 0.144 e. The Hall–Kier alpha value is -2.42. The van der Waals surface area contributed by atoms with Crippen LogP contribution in [0.5, 0.6) is 0 Å². The predicted octanol–water partition coefficient (Wildman–Crippen LogP) is 4.88. The van der Waals surface area contributed by atoms with Gasteiger partial charge in [-0.15, -0.1) is 0 Å². The third-order valence-electron chi connectivity index (χ3n) is 5.01. The molecule has 3 rings (SSSR count). The molecule has 3 aromatic carbocycles. The van der Waals surface area contributed by atoms with Crippen molar-refractivity contribution >= 4 is 0 Å². The summed E-state index contributed by atoms with van der Waals surface area (Å²) in [4.78, 5) is 0. The highest BCUT2D eigenvalue weighted by molar-refractivity contribution is 5.54. The van der Waals surface area contributed by atoms with E-state index in [1.54, 1.807) is 0 Å². The second-order valence-electron chi connectivity index (χ2n) is 6.76. The summed E-state index contributed by atoms with van der Waals surface area (Å²) in [6.07, 6.45) is 0. The Morgan fingerprint density at radius 1 is 0.654 bits per heavy atom. The first kappa shape index (κ1) is 18.4. The standard InChI is InChI=1S/C24H27NO/c1-18-10-4-7-13-21(18)24(26-17-16-25,22-14-8-5-11-19(22)2)23-15-9-6-12-20(23)3/h4-15H,16-17,25H2,1-3H3. The summed E-state index contributed by atoms with van der Waals surface area (Å²) in [5.41, 5.74) is 12.3. The van der Waals surface area contributed by atoms with E-state index in [1.165, 1.54) is 16.7 Å². The fourth-order valence-corrected chi connectivity index (χ4v) is 3.78. The Kier molecular flexibility index (Phi) is 5.55. The van der Waals surface area contributed by atoms with Crippen LogP contribution >= 0.6 is 0 Å². The van der Waals surface area contributed by atoms with Gasteiger partial charge in [0.05, 0.1) is 6.61 Å². The molecule has 26 heavy (non-hydrogen) atoms. The van der Waals surface area contributed by atoms with Crippen LogP contribution in [0, 0.1) is 20.8 Å². The molecule has 0 radical (unpaired) electrons. The highest BCUT2D eigenvalue weighted by atomic mass is 16.5. The zero-order valence-electron chi connectivity index (χ0n) is 15.8. The molecule has 3 aromatic rings. The lowest BCUT2D eigenvalue weighted by atomic mass is 9.75. The third kappa shape index (κ3) is 3.18. The Bertz CT molecular complexity index is 774. The van der Waals surface area contributed by atoms with Gasteiger partial charge in [-0.25, -0.2) is 0 Å². The zero-order valence-corrected chi connectivity index (χ0v) is 15.8. The minimum Gasteiger partial charge on any atom is -0.359 e. The summed E-state index contributed by atoms with van der Waals surface area (Å²) in [7, 11) is 0. The second kappa shape index (κ2) is 7.86. The third-order valence-corrected chi connectivity index (χ3v) is 5.01. The molecule has 134 valence electrons. The van der Waals surface area contributed by atoms with Gasteiger partial charge < -0.3 is 10.5 Å². The maximum Gasteiger partial charge on any atom is 0.144 e. The molecule has 0 aliphatic heterocycles. The van der Waals surface area contributed by atoms with Crippen LogP contribution in [0.25, 0.3) is 0 Å². The number of rotatable bonds is 6. The quantitative estimate of drug-likeness (QED) is 0.646. The molecule has 0 aliphatic rings. The van der Waals surface area contributed by atoms with Crippen LogP contribution in [0.1, 0.15) is 33.4 Å². The largest absolute Gasteiger partial charge is 0.359 e. The molecule has 0 saturated heterocycles.